The third-order valence-corrected chi connectivity index (χ3v) is 4.54. The predicted molar refractivity (Wildman–Crippen MR) is 111 cm³/mol. The van der Waals surface area contributed by atoms with Crippen LogP contribution in [0.1, 0.15) is 70.2 Å². The van der Waals surface area contributed by atoms with Crippen LogP contribution in [-0.4, -0.2) is 34.5 Å². The Balaban J connectivity index is 0.00000312. The lowest BCUT2D eigenvalue weighted by Crippen LogP contribution is -2.49. The fourth-order valence-electron chi connectivity index (χ4n) is 2.95. The molecule has 0 bridgehead atoms. The summed E-state index contributed by atoms with van der Waals surface area (Å²) in [6.45, 7) is 9.34. The molecule has 1 unspecified atom stereocenters. The molecule has 1 saturated heterocycles. The van der Waals surface area contributed by atoms with E-state index in [1.807, 2.05) is 20.0 Å². The van der Waals surface area contributed by atoms with Gasteiger partial charge in [0.1, 0.15) is 0 Å². The normalized spacial score (nSPS) is 16.4. The highest BCUT2D eigenvalue weighted by Crippen LogP contribution is 2.20. The summed E-state index contributed by atoms with van der Waals surface area (Å²) in [5, 5.41) is 2.94. The van der Waals surface area contributed by atoms with Crippen LogP contribution in [0.2, 0.25) is 0 Å². The van der Waals surface area contributed by atoms with Gasteiger partial charge >= 0.3 is 0 Å². The molecule has 1 aliphatic heterocycles. The summed E-state index contributed by atoms with van der Waals surface area (Å²) in [6.07, 6.45) is 8.13. The maximum absolute atomic E-state index is 12.1. The van der Waals surface area contributed by atoms with Crippen LogP contribution in [0.15, 0.2) is 6.20 Å². The van der Waals surface area contributed by atoms with Crippen molar-refractivity contribution in [1.82, 2.24) is 15.3 Å². The van der Waals surface area contributed by atoms with Crippen molar-refractivity contribution in [2.75, 3.05) is 18.0 Å². The zero-order valence-electron chi connectivity index (χ0n) is 16.2. The summed E-state index contributed by atoms with van der Waals surface area (Å²) < 4.78 is 0. The lowest BCUT2D eigenvalue weighted by molar-refractivity contribution is -0.125. The highest BCUT2D eigenvalue weighted by molar-refractivity contribution is 5.86. The Hall–Kier alpha value is -1.11. The number of carbonyl (C=O) groups is 1. The number of halogens is 2. The van der Waals surface area contributed by atoms with E-state index in [2.05, 4.69) is 15.2 Å². The number of aryl methyl sites for hydroxylation is 1. The molecule has 1 amide bonds. The van der Waals surface area contributed by atoms with Gasteiger partial charge in [-0.3, -0.25) is 4.79 Å². The van der Waals surface area contributed by atoms with E-state index in [4.69, 9.17) is 10.7 Å². The van der Waals surface area contributed by atoms with Gasteiger partial charge in [0.15, 0.2) is 0 Å². The minimum Gasteiger partial charge on any atom is -0.348 e. The third kappa shape index (κ3) is 6.89. The summed E-state index contributed by atoms with van der Waals surface area (Å²) in [6, 6.07) is -0.165. The molecule has 1 aromatic heterocycles. The number of carbonyl (C=O) groups excluding carboxylic acids is 1. The van der Waals surface area contributed by atoms with Gasteiger partial charge in [0.25, 0.3) is 0 Å². The third-order valence-electron chi connectivity index (χ3n) is 4.54. The van der Waals surface area contributed by atoms with Crippen molar-refractivity contribution in [1.29, 1.82) is 0 Å². The molecule has 26 heavy (non-hydrogen) atoms. The minimum absolute atomic E-state index is 0. The van der Waals surface area contributed by atoms with E-state index in [1.165, 1.54) is 32.1 Å². The molecule has 0 saturated carbocycles. The van der Waals surface area contributed by atoms with Crippen LogP contribution in [0, 0.1) is 6.92 Å². The largest absolute Gasteiger partial charge is 0.348 e. The van der Waals surface area contributed by atoms with Gasteiger partial charge in [-0.1, -0.05) is 19.3 Å². The molecule has 1 aromatic rings. The van der Waals surface area contributed by atoms with Crippen LogP contribution >= 0.6 is 24.8 Å². The standard InChI is InChI=1S/C18H31N5O.2ClH/c1-13(21-16(24)18(3,4)19)15-12-20-17(22-14(15)2)23-10-8-6-5-7-9-11-23;;/h12-13H,5-11,19H2,1-4H3,(H,21,24);2*1H. The Kier molecular flexibility index (Phi) is 10.4. The first-order valence-corrected chi connectivity index (χ1v) is 8.97. The number of nitrogens with two attached hydrogens (primary N) is 1. The maximum atomic E-state index is 12.1. The average molecular weight is 406 g/mol. The first-order chi connectivity index (χ1) is 11.3. The summed E-state index contributed by atoms with van der Waals surface area (Å²) in [7, 11) is 0. The molecule has 0 aromatic carbocycles. The number of rotatable bonds is 4. The molecule has 8 heteroatoms. The van der Waals surface area contributed by atoms with Gasteiger partial charge in [-0.15, -0.1) is 24.8 Å². The van der Waals surface area contributed by atoms with Crippen molar-refractivity contribution in [3.8, 4) is 0 Å². The van der Waals surface area contributed by atoms with Crippen LogP contribution in [-0.2, 0) is 4.79 Å². The first kappa shape index (κ1) is 24.9. The number of hydrogen-bond acceptors (Lipinski definition) is 5. The molecule has 150 valence electrons. The Bertz CT molecular complexity index is 569. The van der Waals surface area contributed by atoms with Gasteiger partial charge in [0, 0.05) is 30.5 Å². The SMILES string of the molecule is Cc1nc(N2CCCCCCC2)ncc1C(C)NC(=O)C(C)(C)N.Cl.Cl. The highest BCUT2D eigenvalue weighted by atomic mass is 35.5. The van der Waals surface area contributed by atoms with Gasteiger partial charge in [-0.2, -0.15) is 0 Å². The zero-order chi connectivity index (χ0) is 17.7. The molecule has 2 heterocycles. The number of hydrogen-bond donors (Lipinski definition) is 2. The zero-order valence-corrected chi connectivity index (χ0v) is 17.9. The lowest BCUT2D eigenvalue weighted by atomic mass is 10.0. The van der Waals surface area contributed by atoms with Gasteiger partial charge < -0.3 is 16.0 Å². The summed E-state index contributed by atoms with van der Waals surface area (Å²) >= 11 is 0. The van der Waals surface area contributed by atoms with E-state index in [9.17, 15) is 4.79 Å². The minimum atomic E-state index is -0.895. The second-order valence-electron chi connectivity index (χ2n) is 7.38. The summed E-state index contributed by atoms with van der Waals surface area (Å²) in [5.41, 5.74) is 6.79. The number of amides is 1. The Labute approximate surface area is 169 Å². The second-order valence-corrected chi connectivity index (χ2v) is 7.38. The molecule has 1 fully saturated rings. The van der Waals surface area contributed by atoms with Crippen LogP contribution in [0.5, 0.6) is 0 Å². The molecule has 1 aliphatic rings. The van der Waals surface area contributed by atoms with Crippen LogP contribution in [0.3, 0.4) is 0 Å². The van der Waals surface area contributed by atoms with E-state index in [1.54, 1.807) is 13.8 Å². The number of aromatic nitrogens is 2. The maximum Gasteiger partial charge on any atom is 0.239 e. The van der Waals surface area contributed by atoms with Crippen LogP contribution in [0.25, 0.3) is 0 Å². The number of nitrogens with zero attached hydrogens (tertiary/aromatic N) is 3. The number of anilines is 1. The molecule has 6 nitrogen and oxygen atoms in total. The Morgan fingerprint density at radius 2 is 1.73 bits per heavy atom. The van der Waals surface area contributed by atoms with E-state index in [0.717, 1.165) is 30.3 Å². The van der Waals surface area contributed by atoms with Crippen molar-refractivity contribution in [3.63, 3.8) is 0 Å². The molecule has 2 rings (SSSR count). The molecule has 0 spiro atoms. The van der Waals surface area contributed by atoms with Gasteiger partial charge in [-0.25, -0.2) is 9.97 Å². The van der Waals surface area contributed by atoms with Crippen LogP contribution < -0.4 is 16.0 Å². The van der Waals surface area contributed by atoms with E-state index < -0.39 is 5.54 Å². The lowest BCUT2D eigenvalue weighted by Gasteiger charge is -2.26. The molecular formula is C18H33Cl2N5O. The molecular weight excluding hydrogens is 373 g/mol. The van der Waals surface area contributed by atoms with E-state index >= 15 is 0 Å². The monoisotopic (exact) mass is 405 g/mol. The molecule has 0 aliphatic carbocycles. The molecule has 1 atom stereocenters. The smallest absolute Gasteiger partial charge is 0.239 e. The summed E-state index contributed by atoms with van der Waals surface area (Å²) in [4.78, 5) is 23.6. The topological polar surface area (TPSA) is 84.1 Å². The fourth-order valence-corrected chi connectivity index (χ4v) is 2.95. The van der Waals surface area contributed by atoms with Gasteiger partial charge in [-0.05, 0) is 40.5 Å². The van der Waals surface area contributed by atoms with Crippen molar-refractivity contribution >= 4 is 36.7 Å². The van der Waals surface area contributed by atoms with Crippen molar-refractivity contribution in [2.24, 2.45) is 5.73 Å². The molecule has 0 radical (unpaired) electrons. The van der Waals surface area contributed by atoms with Crippen molar-refractivity contribution < 1.29 is 4.79 Å². The van der Waals surface area contributed by atoms with Gasteiger partial charge in [0.05, 0.1) is 11.6 Å². The molecule has 3 N–H and O–H groups in total. The van der Waals surface area contributed by atoms with Crippen molar-refractivity contribution in [3.05, 3.63) is 17.5 Å². The quantitative estimate of drug-likeness (QED) is 0.802. The highest BCUT2D eigenvalue weighted by Gasteiger charge is 2.24. The van der Waals surface area contributed by atoms with Crippen molar-refractivity contribution in [2.45, 2.75) is 71.4 Å². The van der Waals surface area contributed by atoms with E-state index in [0.29, 0.717) is 0 Å². The fraction of sp³-hybridized carbons (Fsp3) is 0.722. The van der Waals surface area contributed by atoms with Gasteiger partial charge in [0.2, 0.25) is 11.9 Å². The Morgan fingerprint density at radius 1 is 1.19 bits per heavy atom. The number of nitrogens with one attached hydrogen (secondary N) is 1. The average Bonchev–Trinajstić information content (AvgIpc) is 2.45. The Morgan fingerprint density at radius 3 is 2.23 bits per heavy atom. The van der Waals surface area contributed by atoms with E-state index in [-0.39, 0.29) is 36.8 Å². The summed E-state index contributed by atoms with van der Waals surface area (Å²) in [5.74, 6) is 0.623. The second kappa shape index (κ2) is 10.9. The van der Waals surface area contributed by atoms with Crippen LogP contribution in [0.4, 0.5) is 5.95 Å². The first-order valence-electron chi connectivity index (χ1n) is 8.97. The predicted octanol–water partition coefficient (Wildman–Crippen LogP) is 3.31.